The van der Waals surface area contributed by atoms with Crippen LogP contribution in [-0.2, 0) is 26.2 Å². The molecule has 1 N–H and O–H groups in total. The van der Waals surface area contributed by atoms with E-state index < -0.39 is 34.3 Å². The lowest BCUT2D eigenvalue weighted by Gasteiger charge is -2.34. The van der Waals surface area contributed by atoms with Crippen LogP contribution in [0.25, 0.3) is 0 Å². The lowest BCUT2D eigenvalue weighted by atomic mass is 10.1. The Kier molecular flexibility index (Phi) is 11.0. The van der Waals surface area contributed by atoms with E-state index in [2.05, 4.69) is 5.32 Å². The number of carbonyl (C=O) groups is 2. The molecule has 0 saturated heterocycles. The zero-order valence-electron chi connectivity index (χ0n) is 22.5. The third-order valence-corrected chi connectivity index (χ3v) is 8.84. The molecule has 11 heteroatoms. The molecule has 0 aliphatic heterocycles. The molecular formula is C29H32Cl2FN3O4S. The van der Waals surface area contributed by atoms with Crippen molar-refractivity contribution >= 4 is 50.7 Å². The van der Waals surface area contributed by atoms with Gasteiger partial charge >= 0.3 is 0 Å². The Hall–Kier alpha value is -3.14. The normalized spacial score (nSPS) is 12.8. The molecule has 2 amide bonds. The highest BCUT2D eigenvalue weighted by atomic mass is 35.5. The van der Waals surface area contributed by atoms with Crippen molar-refractivity contribution in [3.8, 4) is 0 Å². The molecule has 0 bridgehead atoms. The van der Waals surface area contributed by atoms with Crippen molar-refractivity contribution in [2.24, 2.45) is 0 Å². The van der Waals surface area contributed by atoms with Crippen LogP contribution < -0.4 is 9.62 Å². The SMILES string of the molecule is CC[C@H](C)NC(=O)[C@H](CC)N(Cc1ccc(Cl)cc1Cl)C(=O)CN(c1ccccc1)S(=O)(=O)c1ccc(F)cc1. The van der Waals surface area contributed by atoms with E-state index in [-0.39, 0.29) is 35.5 Å². The Morgan fingerprint density at radius 1 is 0.950 bits per heavy atom. The first-order valence-corrected chi connectivity index (χ1v) is 15.0. The van der Waals surface area contributed by atoms with Gasteiger partial charge in [-0.3, -0.25) is 13.9 Å². The van der Waals surface area contributed by atoms with Crippen LogP contribution in [0.3, 0.4) is 0 Å². The molecule has 214 valence electrons. The minimum absolute atomic E-state index is 0.0551. The summed E-state index contributed by atoms with van der Waals surface area (Å²) in [6.07, 6.45) is 0.964. The van der Waals surface area contributed by atoms with Crippen LogP contribution in [0.15, 0.2) is 77.7 Å². The van der Waals surface area contributed by atoms with Crippen LogP contribution >= 0.6 is 23.2 Å². The summed E-state index contributed by atoms with van der Waals surface area (Å²) in [4.78, 5) is 28.5. The second-order valence-corrected chi connectivity index (χ2v) is 12.0. The van der Waals surface area contributed by atoms with Crippen LogP contribution in [0.4, 0.5) is 10.1 Å². The van der Waals surface area contributed by atoms with Crippen LogP contribution in [0.1, 0.15) is 39.2 Å². The van der Waals surface area contributed by atoms with Gasteiger partial charge in [-0.1, -0.05) is 61.3 Å². The molecule has 0 unspecified atom stereocenters. The number of benzene rings is 3. The summed E-state index contributed by atoms with van der Waals surface area (Å²) in [5, 5.41) is 3.64. The lowest BCUT2D eigenvalue weighted by Crippen LogP contribution is -2.53. The van der Waals surface area contributed by atoms with Crippen molar-refractivity contribution in [1.82, 2.24) is 10.2 Å². The number of hydrogen-bond acceptors (Lipinski definition) is 4. The van der Waals surface area contributed by atoms with E-state index in [1.807, 2.05) is 13.8 Å². The van der Waals surface area contributed by atoms with Gasteiger partial charge in [0.25, 0.3) is 10.0 Å². The van der Waals surface area contributed by atoms with Crippen molar-refractivity contribution in [3.63, 3.8) is 0 Å². The third kappa shape index (κ3) is 7.74. The average Bonchev–Trinajstić information content (AvgIpc) is 2.93. The summed E-state index contributed by atoms with van der Waals surface area (Å²) in [6, 6.07) is 16.3. The summed E-state index contributed by atoms with van der Waals surface area (Å²) < 4.78 is 42.0. The van der Waals surface area contributed by atoms with Crippen LogP contribution in [0.2, 0.25) is 10.0 Å². The topological polar surface area (TPSA) is 86.8 Å². The van der Waals surface area contributed by atoms with Gasteiger partial charge in [-0.25, -0.2) is 12.8 Å². The summed E-state index contributed by atoms with van der Waals surface area (Å²) in [5.74, 6) is -1.57. The van der Waals surface area contributed by atoms with Gasteiger partial charge in [0.2, 0.25) is 11.8 Å². The molecule has 0 heterocycles. The van der Waals surface area contributed by atoms with Gasteiger partial charge in [0.05, 0.1) is 10.6 Å². The fraction of sp³-hybridized carbons (Fsp3) is 0.310. The van der Waals surface area contributed by atoms with Crippen molar-refractivity contribution in [2.75, 3.05) is 10.8 Å². The fourth-order valence-electron chi connectivity index (χ4n) is 4.05. The van der Waals surface area contributed by atoms with E-state index in [1.54, 1.807) is 49.4 Å². The number of para-hydroxylation sites is 1. The van der Waals surface area contributed by atoms with Crippen molar-refractivity contribution in [2.45, 2.75) is 57.1 Å². The minimum atomic E-state index is -4.29. The number of nitrogens with one attached hydrogen (secondary N) is 1. The van der Waals surface area contributed by atoms with Gasteiger partial charge < -0.3 is 10.2 Å². The van der Waals surface area contributed by atoms with Gasteiger partial charge in [0.1, 0.15) is 18.4 Å². The molecule has 0 fully saturated rings. The number of sulfonamides is 1. The first-order valence-electron chi connectivity index (χ1n) is 12.8. The molecule has 40 heavy (non-hydrogen) atoms. The van der Waals surface area contributed by atoms with E-state index in [9.17, 15) is 22.4 Å². The lowest BCUT2D eigenvalue weighted by molar-refractivity contribution is -0.140. The molecule has 0 aliphatic carbocycles. The molecule has 3 rings (SSSR count). The van der Waals surface area contributed by atoms with Gasteiger partial charge in [0.15, 0.2) is 0 Å². The Morgan fingerprint density at radius 2 is 1.60 bits per heavy atom. The summed E-state index contributed by atoms with van der Waals surface area (Å²) in [6.45, 7) is 4.90. The minimum Gasteiger partial charge on any atom is -0.352 e. The highest BCUT2D eigenvalue weighted by Crippen LogP contribution is 2.27. The van der Waals surface area contributed by atoms with Gasteiger partial charge in [-0.15, -0.1) is 0 Å². The maximum Gasteiger partial charge on any atom is 0.264 e. The number of hydrogen-bond donors (Lipinski definition) is 1. The third-order valence-electron chi connectivity index (χ3n) is 6.47. The number of anilines is 1. The highest BCUT2D eigenvalue weighted by Gasteiger charge is 2.34. The molecular weight excluding hydrogens is 576 g/mol. The summed E-state index contributed by atoms with van der Waals surface area (Å²) in [5.41, 5.74) is 0.781. The molecule has 0 spiro atoms. The highest BCUT2D eigenvalue weighted by molar-refractivity contribution is 7.92. The Morgan fingerprint density at radius 3 is 2.17 bits per heavy atom. The maximum absolute atomic E-state index is 14.0. The van der Waals surface area contributed by atoms with Crippen LogP contribution in [0, 0.1) is 5.82 Å². The van der Waals surface area contributed by atoms with Gasteiger partial charge in [0, 0.05) is 22.6 Å². The maximum atomic E-state index is 14.0. The molecule has 0 radical (unpaired) electrons. The zero-order valence-corrected chi connectivity index (χ0v) is 24.8. The Labute approximate surface area is 244 Å². The Balaban J connectivity index is 2.06. The zero-order chi connectivity index (χ0) is 29.4. The number of halogens is 3. The predicted molar refractivity (Wildman–Crippen MR) is 156 cm³/mol. The number of carbonyl (C=O) groups excluding carboxylic acids is 2. The van der Waals surface area contributed by atoms with E-state index in [0.29, 0.717) is 22.0 Å². The van der Waals surface area contributed by atoms with E-state index in [1.165, 1.54) is 11.0 Å². The fourth-order valence-corrected chi connectivity index (χ4v) is 5.93. The molecule has 2 atom stereocenters. The summed E-state index contributed by atoms with van der Waals surface area (Å²) >= 11 is 12.5. The second kappa shape index (κ2) is 14.0. The van der Waals surface area contributed by atoms with Crippen LogP contribution in [-0.4, -0.2) is 43.8 Å². The van der Waals surface area contributed by atoms with Gasteiger partial charge in [-0.05, 0) is 73.9 Å². The molecule has 7 nitrogen and oxygen atoms in total. The Bertz CT molecular complexity index is 1420. The molecule has 0 aromatic heterocycles. The molecule has 0 aliphatic rings. The average molecular weight is 609 g/mol. The first-order chi connectivity index (χ1) is 19.0. The quantitative estimate of drug-likeness (QED) is 0.271. The number of amides is 2. The molecule has 3 aromatic carbocycles. The van der Waals surface area contributed by atoms with Crippen LogP contribution in [0.5, 0.6) is 0 Å². The largest absolute Gasteiger partial charge is 0.352 e. The predicted octanol–water partition coefficient (Wildman–Crippen LogP) is 6.05. The molecule has 0 saturated carbocycles. The number of nitrogens with zero attached hydrogens (tertiary/aromatic N) is 2. The van der Waals surface area contributed by atoms with Gasteiger partial charge in [-0.2, -0.15) is 0 Å². The van der Waals surface area contributed by atoms with Crippen molar-refractivity contribution in [3.05, 3.63) is 94.2 Å². The monoisotopic (exact) mass is 607 g/mol. The van der Waals surface area contributed by atoms with E-state index in [4.69, 9.17) is 23.2 Å². The smallest absolute Gasteiger partial charge is 0.264 e. The van der Waals surface area contributed by atoms with Crippen molar-refractivity contribution in [1.29, 1.82) is 0 Å². The standard InChI is InChI=1S/C29H32Cl2FN3O4S/c1-4-20(3)33-29(37)27(5-2)34(18-21-11-12-22(30)17-26(21)31)28(36)19-35(24-9-7-6-8-10-24)40(38,39)25-15-13-23(32)14-16-25/h6-17,20,27H,4-5,18-19H2,1-3H3,(H,33,37)/t20-,27-/m0/s1. The van der Waals surface area contributed by atoms with E-state index >= 15 is 0 Å². The molecule has 3 aromatic rings. The second-order valence-electron chi connectivity index (χ2n) is 9.30. The first kappa shape index (κ1) is 31.4. The van der Waals surface area contributed by atoms with Crippen molar-refractivity contribution < 1.29 is 22.4 Å². The summed E-state index contributed by atoms with van der Waals surface area (Å²) in [7, 11) is -4.29. The number of rotatable bonds is 12. The van der Waals surface area contributed by atoms with E-state index in [0.717, 1.165) is 28.6 Å².